The third-order valence-corrected chi connectivity index (χ3v) is 7.08. The van der Waals surface area contributed by atoms with Crippen LogP contribution in [-0.4, -0.2) is 40.5 Å². The van der Waals surface area contributed by atoms with E-state index in [9.17, 15) is 14.7 Å². The molecule has 3 atom stereocenters. The van der Waals surface area contributed by atoms with Gasteiger partial charge in [-0.05, 0) is 38.0 Å². The van der Waals surface area contributed by atoms with Gasteiger partial charge in [-0.1, -0.05) is 13.8 Å². The monoisotopic (exact) mass is 372 g/mol. The second-order valence-corrected chi connectivity index (χ2v) is 8.19. The Morgan fingerprint density at radius 3 is 2.67 bits per heavy atom. The molecule has 1 unspecified atom stereocenters. The molecule has 1 heterocycles. The number of esters is 1. The number of Topliss-reactive ketones (excluding diaryl/α,β-unsaturated/α-hetero) is 1. The van der Waals surface area contributed by atoms with E-state index in [4.69, 9.17) is 9.47 Å². The summed E-state index contributed by atoms with van der Waals surface area (Å²) in [4.78, 5) is 34.0. The number of aliphatic hydroxyl groups excluding tert-OH is 1. The van der Waals surface area contributed by atoms with Crippen LogP contribution in [-0.2, 0) is 21.4 Å². The number of carbonyl (C=O) groups excluding carboxylic acids is 2. The summed E-state index contributed by atoms with van der Waals surface area (Å²) in [5, 5.41) is 9.66. The zero-order valence-electron chi connectivity index (χ0n) is 16.1. The molecular formula is C20H24N2O5. The van der Waals surface area contributed by atoms with Crippen molar-refractivity contribution >= 4 is 11.8 Å². The van der Waals surface area contributed by atoms with Crippen molar-refractivity contribution in [2.45, 2.75) is 51.9 Å². The highest BCUT2D eigenvalue weighted by Crippen LogP contribution is 2.80. The highest BCUT2D eigenvalue weighted by Gasteiger charge is 2.79. The van der Waals surface area contributed by atoms with Gasteiger partial charge in [0.25, 0.3) is 0 Å². The summed E-state index contributed by atoms with van der Waals surface area (Å²) in [6, 6.07) is 0. The first-order valence-corrected chi connectivity index (χ1v) is 9.28. The normalized spacial score (nSPS) is 35.1. The number of ether oxygens (including phenoxy) is 2. The molecule has 1 N–H and O–H groups in total. The molecule has 0 radical (unpaired) electrons. The van der Waals surface area contributed by atoms with E-state index in [-0.39, 0.29) is 23.6 Å². The van der Waals surface area contributed by atoms with E-state index >= 15 is 0 Å². The molecule has 7 heteroatoms. The molecule has 2 saturated carbocycles. The second-order valence-electron chi connectivity index (χ2n) is 8.19. The van der Waals surface area contributed by atoms with E-state index in [1.165, 1.54) is 7.11 Å². The van der Waals surface area contributed by atoms with Crippen molar-refractivity contribution in [1.82, 2.24) is 9.97 Å². The zero-order valence-corrected chi connectivity index (χ0v) is 16.1. The van der Waals surface area contributed by atoms with Crippen molar-refractivity contribution in [1.29, 1.82) is 0 Å². The first-order chi connectivity index (χ1) is 12.8. The number of rotatable bonds is 3. The predicted octanol–water partition coefficient (Wildman–Crippen LogP) is 2.68. The average molecular weight is 372 g/mol. The van der Waals surface area contributed by atoms with Gasteiger partial charge in [0.15, 0.2) is 5.78 Å². The first kappa shape index (κ1) is 17.9. The second kappa shape index (κ2) is 5.53. The van der Waals surface area contributed by atoms with Gasteiger partial charge in [0.05, 0.1) is 25.7 Å². The molecule has 3 aliphatic carbocycles. The topological polar surface area (TPSA) is 98.6 Å². The van der Waals surface area contributed by atoms with Gasteiger partial charge in [0, 0.05) is 22.0 Å². The number of aromatic nitrogens is 2. The van der Waals surface area contributed by atoms with E-state index in [2.05, 4.69) is 16.9 Å². The fourth-order valence-corrected chi connectivity index (χ4v) is 5.64. The Morgan fingerprint density at radius 2 is 2.04 bits per heavy atom. The Balaban J connectivity index is 1.92. The quantitative estimate of drug-likeness (QED) is 0.495. The molecule has 0 aliphatic heterocycles. The van der Waals surface area contributed by atoms with Gasteiger partial charge in [-0.2, -0.15) is 4.98 Å². The number of fused-ring (bicyclic) bond motifs is 2. The lowest BCUT2D eigenvalue weighted by Gasteiger charge is -2.48. The number of nitrogens with zero attached hydrogens (tertiary/aromatic N) is 2. The van der Waals surface area contributed by atoms with Gasteiger partial charge < -0.3 is 14.6 Å². The van der Waals surface area contributed by atoms with Crippen LogP contribution >= 0.6 is 0 Å². The summed E-state index contributed by atoms with van der Waals surface area (Å²) in [7, 11) is 1.52. The number of allylic oxidation sites excluding steroid dienone is 1. The Hall–Kier alpha value is -2.44. The van der Waals surface area contributed by atoms with Crippen LogP contribution in [0.3, 0.4) is 0 Å². The van der Waals surface area contributed by atoms with Crippen LogP contribution in [0.25, 0.3) is 0 Å². The molecule has 0 bridgehead atoms. The molecule has 1 aromatic heterocycles. The Kier molecular flexibility index (Phi) is 3.68. The first-order valence-electron chi connectivity index (χ1n) is 9.28. The predicted molar refractivity (Wildman–Crippen MR) is 95.7 cm³/mol. The Bertz CT molecular complexity index is 895. The Morgan fingerprint density at radius 1 is 1.30 bits per heavy atom. The number of methoxy groups -OCH3 is 1. The van der Waals surface area contributed by atoms with Crippen molar-refractivity contribution in [2.75, 3.05) is 13.7 Å². The lowest BCUT2D eigenvalue weighted by molar-refractivity contribution is -0.124. The number of ketones is 1. The summed E-state index contributed by atoms with van der Waals surface area (Å²) in [5.74, 6) is -0.213. The minimum Gasteiger partial charge on any atom is -0.515 e. The maximum Gasteiger partial charge on any atom is 0.376 e. The standard InChI is InChI=1S/C20H24N2O5/c1-5-27-17(25)15-21-13-12(16(22-15)26-4)6-7-20-10-19(20,3)14(24)11(9-23)8-18(13,20)2/h9,23H,5-8,10H2,1-4H3/b11-9-/t18-,19?,20+/m1/s1. The zero-order chi connectivity index (χ0) is 19.6. The van der Waals surface area contributed by atoms with Crippen molar-refractivity contribution < 1.29 is 24.2 Å². The summed E-state index contributed by atoms with van der Waals surface area (Å²) >= 11 is 0. The minimum atomic E-state index is -0.592. The summed E-state index contributed by atoms with van der Waals surface area (Å²) in [6.07, 6.45) is 3.59. The van der Waals surface area contributed by atoms with Gasteiger partial charge in [0.2, 0.25) is 11.7 Å². The molecule has 0 aromatic carbocycles. The highest BCUT2D eigenvalue weighted by molar-refractivity contribution is 6.04. The Labute approximate surface area is 157 Å². The maximum absolute atomic E-state index is 12.8. The summed E-state index contributed by atoms with van der Waals surface area (Å²) in [6.45, 7) is 6.01. The largest absolute Gasteiger partial charge is 0.515 e. The van der Waals surface area contributed by atoms with Gasteiger partial charge in [-0.3, -0.25) is 4.79 Å². The number of aliphatic hydroxyl groups is 1. The van der Waals surface area contributed by atoms with Crippen LogP contribution in [0.4, 0.5) is 0 Å². The van der Waals surface area contributed by atoms with Crippen LogP contribution in [0.5, 0.6) is 5.88 Å². The maximum atomic E-state index is 12.8. The third-order valence-electron chi connectivity index (χ3n) is 7.08. The van der Waals surface area contributed by atoms with E-state index in [0.29, 0.717) is 24.3 Å². The average Bonchev–Trinajstić information content (AvgIpc) is 3.30. The lowest BCUT2D eigenvalue weighted by Crippen LogP contribution is -2.49. The molecule has 7 nitrogen and oxygen atoms in total. The molecule has 3 aliphatic rings. The molecule has 0 amide bonds. The van der Waals surface area contributed by atoms with Crippen LogP contribution in [0, 0.1) is 10.8 Å². The van der Waals surface area contributed by atoms with Crippen molar-refractivity contribution in [3.05, 3.63) is 28.9 Å². The molecule has 2 fully saturated rings. The number of hydrogen-bond donors (Lipinski definition) is 1. The fraction of sp³-hybridized carbons (Fsp3) is 0.600. The van der Waals surface area contributed by atoms with Crippen molar-refractivity contribution in [2.24, 2.45) is 10.8 Å². The summed E-state index contributed by atoms with van der Waals surface area (Å²) < 4.78 is 10.5. The highest BCUT2D eigenvalue weighted by atomic mass is 16.5. The molecular weight excluding hydrogens is 348 g/mol. The van der Waals surface area contributed by atoms with Crippen molar-refractivity contribution in [3.8, 4) is 5.88 Å². The molecule has 144 valence electrons. The van der Waals surface area contributed by atoms with Gasteiger partial charge in [-0.15, -0.1) is 0 Å². The molecule has 27 heavy (non-hydrogen) atoms. The van der Waals surface area contributed by atoms with E-state index in [0.717, 1.165) is 30.4 Å². The van der Waals surface area contributed by atoms with Gasteiger partial charge in [-0.25, -0.2) is 9.78 Å². The SMILES string of the molecule is CCOC(=O)c1nc(OC)c2c(n1)[C@@]1(C)C/C(=C/O)C(=O)C3(C)C[C@]31CC2. The van der Waals surface area contributed by atoms with Crippen LogP contribution < -0.4 is 4.74 Å². The van der Waals surface area contributed by atoms with Crippen LogP contribution in [0.1, 0.15) is 61.9 Å². The lowest BCUT2D eigenvalue weighted by atomic mass is 9.54. The van der Waals surface area contributed by atoms with Gasteiger partial charge in [0.1, 0.15) is 0 Å². The van der Waals surface area contributed by atoms with Crippen molar-refractivity contribution in [3.63, 3.8) is 0 Å². The van der Waals surface area contributed by atoms with Crippen LogP contribution in [0.15, 0.2) is 11.8 Å². The molecule has 1 spiro atoms. The fourth-order valence-electron chi connectivity index (χ4n) is 5.64. The summed E-state index contributed by atoms with van der Waals surface area (Å²) in [5.41, 5.74) is 0.807. The molecule has 0 saturated heterocycles. The molecule has 1 aromatic rings. The third kappa shape index (κ3) is 2.02. The number of hydrogen-bond acceptors (Lipinski definition) is 7. The van der Waals surface area contributed by atoms with E-state index in [1.807, 2.05) is 6.92 Å². The van der Waals surface area contributed by atoms with E-state index in [1.54, 1.807) is 6.92 Å². The molecule has 4 rings (SSSR count). The number of carbonyl (C=O) groups is 2. The van der Waals surface area contributed by atoms with E-state index < -0.39 is 16.8 Å². The minimum absolute atomic E-state index is 0.0255. The van der Waals surface area contributed by atoms with Gasteiger partial charge >= 0.3 is 5.97 Å². The van der Waals surface area contributed by atoms with Crippen LogP contribution in [0.2, 0.25) is 0 Å². The smallest absolute Gasteiger partial charge is 0.376 e.